The highest BCUT2D eigenvalue weighted by Crippen LogP contribution is 2.42. The van der Waals surface area contributed by atoms with Crippen molar-refractivity contribution in [1.82, 2.24) is 19.5 Å². The monoisotopic (exact) mass is 524 g/mol. The van der Waals surface area contributed by atoms with E-state index in [4.69, 9.17) is 9.72 Å². The van der Waals surface area contributed by atoms with Crippen LogP contribution in [0.5, 0.6) is 5.75 Å². The van der Waals surface area contributed by atoms with E-state index >= 15 is 0 Å². The molecule has 1 aliphatic carbocycles. The van der Waals surface area contributed by atoms with Gasteiger partial charge >= 0.3 is 0 Å². The van der Waals surface area contributed by atoms with Crippen LogP contribution in [0, 0.1) is 0 Å². The Morgan fingerprint density at radius 3 is 2.39 bits per heavy atom. The minimum atomic E-state index is -2.06. The Bertz CT molecular complexity index is 1670. The van der Waals surface area contributed by atoms with Crippen molar-refractivity contribution in [2.45, 2.75) is 36.2 Å². The van der Waals surface area contributed by atoms with E-state index in [1.54, 1.807) is 16.8 Å². The minimum Gasteiger partial charge on any atom is -0.486 e. The maximum Gasteiger partial charge on any atom is 0.187 e. The first-order valence-corrected chi connectivity index (χ1v) is 14.2. The average Bonchev–Trinajstić information content (AvgIpc) is 3.30. The van der Waals surface area contributed by atoms with Gasteiger partial charge in [0.05, 0.1) is 11.1 Å². The first kappa shape index (κ1) is 23.5. The molecule has 1 unspecified atom stereocenters. The van der Waals surface area contributed by atoms with Crippen LogP contribution >= 0.6 is 0 Å². The molecule has 1 N–H and O–H groups in total. The Morgan fingerprint density at radius 2 is 1.66 bits per heavy atom. The fourth-order valence-corrected chi connectivity index (χ4v) is 6.17. The molecule has 2 aromatic heterocycles. The van der Waals surface area contributed by atoms with Crippen LogP contribution < -0.4 is 4.74 Å². The van der Waals surface area contributed by atoms with Gasteiger partial charge in [0.15, 0.2) is 16.7 Å². The second-order valence-electron chi connectivity index (χ2n) is 10.4. The van der Waals surface area contributed by atoms with Crippen LogP contribution in [0.2, 0.25) is 0 Å². The molecule has 1 atom stereocenters. The van der Waals surface area contributed by atoms with Crippen molar-refractivity contribution in [1.29, 1.82) is 0 Å². The molecule has 192 valence electrons. The highest BCUT2D eigenvalue weighted by Gasteiger charge is 2.47. The molecule has 3 heterocycles. The van der Waals surface area contributed by atoms with Crippen molar-refractivity contribution in [2.75, 3.05) is 19.6 Å². The summed E-state index contributed by atoms with van der Waals surface area (Å²) in [5.41, 5.74) is 4.54. The molecule has 0 bridgehead atoms. The van der Waals surface area contributed by atoms with Gasteiger partial charge in [-0.2, -0.15) is 5.10 Å². The van der Waals surface area contributed by atoms with Gasteiger partial charge in [0.1, 0.15) is 11.4 Å². The fourth-order valence-electron chi connectivity index (χ4n) is 5.62. The molecule has 38 heavy (non-hydrogen) atoms. The molecule has 5 aromatic rings. The third-order valence-electron chi connectivity index (χ3n) is 7.76. The average molecular weight is 525 g/mol. The summed E-state index contributed by atoms with van der Waals surface area (Å²) >= 11 is -2.06. The maximum atomic E-state index is 11.8. The number of benzene rings is 3. The maximum absolute atomic E-state index is 11.8. The number of hydrogen-bond donors (Lipinski definition) is 1. The molecule has 7 rings (SSSR count). The van der Waals surface area contributed by atoms with Gasteiger partial charge in [-0.1, -0.05) is 42.5 Å². The molecule has 1 aliphatic heterocycles. The lowest BCUT2D eigenvalue weighted by Gasteiger charge is -2.24. The summed E-state index contributed by atoms with van der Waals surface area (Å²) in [4.78, 5) is 7.69. The molecule has 0 spiro atoms. The van der Waals surface area contributed by atoms with E-state index in [9.17, 15) is 8.76 Å². The third-order valence-corrected chi connectivity index (χ3v) is 8.49. The Labute approximate surface area is 223 Å². The quantitative estimate of drug-likeness (QED) is 0.271. The summed E-state index contributed by atoms with van der Waals surface area (Å²) in [6.07, 6.45) is 10.5. The first-order valence-electron chi connectivity index (χ1n) is 13.1. The van der Waals surface area contributed by atoms with Gasteiger partial charge in [0, 0.05) is 35.5 Å². The van der Waals surface area contributed by atoms with Crippen LogP contribution in [-0.2, 0) is 11.1 Å². The Morgan fingerprint density at radius 1 is 0.895 bits per heavy atom. The predicted octanol–water partition coefficient (Wildman–Crippen LogP) is 5.80. The molecular formula is C30H28N4O3S. The fraction of sp³-hybridized carbons (Fsp3) is 0.267. The van der Waals surface area contributed by atoms with Crippen molar-refractivity contribution >= 4 is 27.5 Å². The number of rotatable bonds is 7. The number of aromatic nitrogens is 3. The lowest BCUT2D eigenvalue weighted by molar-refractivity contribution is 0.126. The van der Waals surface area contributed by atoms with Crippen LogP contribution in [0.25, 0.3) is 38.7 Å². The minimum absolute atomic E-state index is 0.00757. The second-order valence-corrected chi connectivity index (χ2v) is 11.3. The zero-order valence-electron chi connectivity index (χ0n) is 20.9. The van der Waals surface area contributed by atoms with Crippen LogP contribution in [0.4, 0.5) is 0 Å². The summed E-state index contributed by atoms with van der Waals surface area (Å²) in [6, 6.07) is 19.5. The topological polar surface area (TPSA) is 80.0 Å². The molecule has 1 saturated heterocycles. The van der Waals surface area contributed by atoms with Crippen molar-refractivity contribution in [3.8, 4) is 28.0 Å². The Balaban J connectivity index is 1.15. The van der Waals surface area contributed by atoms with Gasteiger partial charge in [-0.25, -0.2) is 13.7 Å². The first-order chi connectivity index (χ1) is 18.6. The molecule has 8 heteroatoms. The molecule has 2 aliphatic rings. The van der Waals surface area contributed by atoms with Crippen molar-refractivity contribution in [2.24, 2.45) is 0 Å². The highest BCUT2D eigenvalue weighted by atomic mass is 32.2. The third kappa shape index (κ3) is 4.28. The number of nitrogens with zero attached hydrogens (tertiary/aromatic N) is 4. The van der Waals surface area contributed by atoms with E-state index < -0.39 is 11.1 Å². The number of hydrogen-bond acceptors (Lipinski definition) is 5. The van der Waals surface area contributed by atoms with E-state index in [-0.39, 0.29) is 5.60 Å². The second kappa shape index (κ2) is 9.31. The van der Waals surface area contributed by atoms with E-state index in [0.29, 0.717) is 4.90 Å². The van der Waals surface area contributed by atoms with E-state index in [2.05, 4.69) is 34.3 Å². The molecule has 1 saturated carbocycles. The largest absolute Gasteiger partial charge is 0.486 e. The molecule has 0 radical (unpaired) electrons. The zero-order valence-corrected chi connectivity index (χ0v) is 21.7. The number of fused-ring (bicyclic) bond motifs is 2. The van der Waals surface area contributed by atoms with Crippen molar-refractivity contribution in [3.05, 3.63) is 79.3 Å². The molecule has 0 amide bonds. The molecule has 2 fully saturated rings. The summed E-state index contributed by atoms with van der Waals surface area (Å²) in [5, 5.41) is 6.22. The molecular weight excluding hydrogens is 496 g/mol. The summed E-state index contributed by atoms with van der Waals surface area (Å²) in [7, 11) is 0. The van der Waals surface area contributed by atoms with Crippen LogP contribution in [0.15, 0.2) is 84.1 Å². The van der Waals surface area contributed by atoms with Gasteiger partial charge in [0.25, 0.3) is 0 Å². The number of likely N-dealkylation sites (tertiary alicyclic amines) is 1. The predicted molar refractivity (Wildman–Crippen MR) is 149 cm³/mol. The summed E-state index contributed by atoms with van der Waals surface area (Å²) in [6.45, 7) is 3.42. The summed E-state index contributed by atoms with van der Waals surface area (Å²) in [5.74, 6) is 0.917. The normalized spacial score (nSPS) is 17.7. The SMILES string of the molecule is O=S(O)c1ccc(-c2cnn3cc(-c4ccc(OC5(CN6CCCC6)CC5)cc4)cnc23)c2ccccc12. The van der Waals surface area contributed by atoms with Crippen molar-refractivity contribution < 1.29 is 13.5 Å². The standard InChI is InChI=1S/C30H28N4O3S/c35-38(36)28-12-11-25(24-5-1-2-6-26(24)28)27-18-32-34-19-22(17-31-29(27)34)21-7-9-23(10-8-21)37-30(13-14-30)20-33-15-3-4-16-33/h1-2,5-12,17-19H,3-4,13-16,20H2,(H,35,36). The van der Waals surface area contributed by atoms with Crippen LogP contribution in [0.1, 0.15) is 25.7 Å². The van der Waals surface area contributed by atoms with E-state index in [1.165, 1.54) is 25.9 Å². The van der Waals surface area contributed by atoms with Crippen LogP contribution in [0.3, 0.4) is 0 Å². The molecule has 3 aromatic carbocycles. The van der Waals surface area contributed by atoms with Gasteiger partial charge in [-0.3, -0.25) is 4.90 Å². The van der Waals surface area contributed by atoms with Gasteiger partial charge in [-0.05, 0) is 73.5 Å². The lowest BCUT2D eigenvalue weighted by Crippen LogP contribution is -2.35. The van der Waals surface area contributed by atoms with Crippen molar-refractivity contribution in [3.63, 3.8) is 0 Å². The number of ether oxygens (including phenoxy) is 1. The Kier molecular flexibility index (Phi) is 5.76. The van der Waals surface area contributed by atoms with Gasteiger partial charge < -0.3 is 9.29 Å². The van der Waals surface area contributed by atoms with E-state index in [1.807, 2.05) is 42.7 Å². The smallest absolute Gasteiger partial charge is 0.187 e. The molecule has 7 nitrogen and oxygen atoms in total. The van der Waals surface area contributed by atoms with Gasteiger partial charge in [-0.15, -0.1) is 0 Å². The lowest BCUT2D eigenvalue weighted by atomic mass is 10.00. The summed E-state index contributed by atoms with van der Waals surface area (Å²) < 4.78 is 29.8. The van der Waals surface area contributed by atoms with Gasteiger partial charge in [0.2, 0.25) is 0 Å². The van der Waals surface area contributed by atoms with Crippen LogP contribution in [-0.4, -0.2) is 53.5 Å². The Hall–Kier alpha value is -3.59. The zero-order chi connectivity index (χ0) is 25.7. The highest BCUT2D eigenvalue weighted by molar-refractivity contribution is 7.79. The van der Waals surface area contributed by atoms with E-state index in [0.717, 1.165) is 63.8 Å².